The van der Waals surface area contributed by atoms with Crippen molar-refractivity contribution in [1.82, 2.24) is 19.3 Å². The Morgan fingerprint density at radius 1 is 1.29 bits per heavy atom. The van der Waals surface area contributed by atoms with Gasteiger partial charge in [0.25, 0.3) is 0 Å². The van der Waals surface area contributed by atoms with Gasteiger partial charge in [0.1, 0.15) is 11.3 Å². The zero-order valence-corrected chi connectivity index (χ0v) is 11.8. The molecule has 1 atom stereocenters. The highest BCUT2D eigenvalue weighted by Crippen LogP contribution is 2.26. The number of hydrogen-bond acceptors (Lipinski definition) is 2. The van der Waals surface area contributed by atoms with E-state index in [0.717, 1.165) is 29.2 Å². The average molecular weight is 255 g/mol. The Kier molecular flexibility index (Phi) is 3.17. The maximum Gasteiger partial charge on any atom is 0.158 e. The summed E-state index contributed by atoms with van der Waals surface area (Å²) in [6.45, 7) is 9.25. The van der Waals surface area contributed by atoms with Crippen LogP contribution in [0.1, 0.15) is 37.7 Å². The van der Waals surface area contributed by atoms with E-state index in [4.69, 9.17) is 11.6 Å². The number of aryl methyl sites for hydroxylation is 2. The molecule has 4 nitrogen and oxygen atoms in total. The number of fused-ring (bicyclic) bond motifs is 1. The molecule has 0 saturated heterocycles. The molecule has 94 valence electrons. The molecule has 0 bridgehead atoms. The van der Waals surface area contributed by atoms with Gasteiger partial charge in [0.05, 0.1) is 11.1 Å². The summed E-state index contributed by atoms with van der Waals surface area (Å²) in [5, 5.41) is 4.33. The summed E-state index contributed by atoms with van der Waals surface area (Å²) in [5.74, 6) is 1.49. The van der Waals surface area contributed by atoms with Crippen molar-refractivity contribution < 1.29 is 0 Å². The van der Waals surface area contributed by atoms with E-state index in [0.29, 0.717) is 5.92 Å². The molecular weight excluding hydrogens is 236 g/mol. The number of nitrogens with zero attached hydrogens (tertiary/aromatic N) is 4. The fourth-order valence-electron chi connectivity index (χ4n) is 2.20. The third kappa shape index (κ3) is 2.06. The molecule has 2 aromatic heterocycles. The first-order chi connectivity index (χ1) is 7.91. The Balaban J connectivity index is 2.69. The van der Waals surface area contributed by atoms with Crippen LogP contribution in [0.4, 0.5) is 0 Å². The summed E-state index contributed by atoms with van der Waals surface area (Å²) >= 11 is 6.21. The maximum atomic E-state index is 6.21. The van der Waals surface area contributed by atoms with Crippen molar-refractivity contribution in [2.45, 2.75) is 39.6 Å². The molecule has 2 aromatic rings. The molecule has 0 aromatic carbocycles. The molecule has 0 radical (unpaired) electrons. The van der Waals surface area contributed by atoms with Gasteiger partial charge in [-0.15, -0.1) is 11.6 Å². The quantitative estimate of drug-likeness (QED) is 0.790. The zero-order valence-electron chi connectivity index (χ0n) is 11.0. The van der Waals surface area contributed by atoms with E-state index in [1.165, 1.54) is 0 Å². The van der Waals surface area contributed by atoms with Gasteiger partial charge in [-0.05, 0) is 19.8 Å². The van der Waals surface area contributed by atoms with Crippen LogP contribution in [0.15, 0.2) is 0 Å². The highest BCUT2D eigenvalue weighted by molar-refractivity contribution is 6.20. The molecule has 0 spiro atoms. The second-order valence-electron chi connectivity index (χ2n) is 4.97. The van der Waals surface area contributed by atoms with Crippen molar-refractivity contribution in [1.29, 1.82) is 0 Å². The number of aromatic nitrogens is 4. The molecule has 5 heteroatoms. The standard InChI is InChI=1S/C12H19ClN4/c1-7(2)6-17-11(8(3)13)14-10-9(4)15-16(5)12(10)17/h7-8H,6H2,1-5H3. The topological polar surface area (TPSA) is 35.6 Å². The van der Waals surface area contributed by atoms with Crippen LogP contribution in [0, 0.1) is 12.8 Å². The van der Waals surface area contributed by atoms with E-state index < -0.39 is 0 Å². The predicted octanol–water partition coefficient (Wildman–Crippen LogP) is 3.03. The Bertz CT molecular complexity index is 536. The van der Waals surface area contributed by atoms with Crippen molar-refractivity contribution in [2.24, 2.45) is 13.0 Å². The first-order valence-corrected chi connectivity index (χ1v) is 6.39. The molecule has 1 unspecified atom stereocenters. The molecule has 0 saturated carbocycles. The first-order valence-electron chi connectivity index (χ1n) is 5.95. The largest absolute Gasteiger partial charge is 0.311 e. The normalized spacial score (nSPS) is 13.8. The lowest BCUT2D eigenvalue weighted by Crippen LogP contribution is -2.11. The minimum atomic E-state index is -0.0828. The van der Waals surface area contributed by atoms with E-state index in [1.807, 2.05) is 25.6 Å². The SMILES string of the molecule is Cc1nn(C)c2c1nc(C(C)Cl)n2CC(C)C. The smallest absolute Gasteiger partial charge is 0.158 e. The molecule has 0 aliphatic rings. The van der Waals surface area contributed by atoms with Crippen LogP contribution < -0.4 is 0 Å². The van der Waals surface area contributed by atoms with Crippen LogP contribution >= 0.6 is 11.6 Å². The molecule has 2 rings (SSSR count). The number of alkyl halides is 1. The van der Waals surface area contributed by atoms with Crippen LogP contribution in [0.25, 0.3) is 11.2 Å². The molecule has 17 heavy (non-hydrogen) atoms. The number of hydrogen-bond donors (Lipinski definition) is 0. The summed E-state index contributed by atoms with van der Waals surface area (Å²) in [7, 11) is 1.95. The van der Waals surface area contributed by atoms with Gasteiger partial charge in [-0.1, -0.05) is 13.8 Å². The van der Waals surface area contributed by atoms with E-state index in [2.05, 4.69) is 28.5 Å². The van der Waals surface area contributed by atoms with E-state index in [9.17, 15) is 0 Å². The molecule has 0 aliphatic heterocycles. The monoisotopic (exact) mass is 254 g/mol. The molecule has 2 heterocycles. The van der Waals surface area contributed by atoms with E-state index in [1.54, 1.807) is 0 Å². The molecule has 0 amide bonds. The van der Waals surface area contributed by atoms with Crippen LogP contribution in [0.3, 0.4) is 0 Å². The Morgan fingerprint density at radius 2 is 1.94 bits per heavy atom. The Morgan fingerprint density at radius 3 is 2.47 bits per heavy atom. The highest BCUT2D eigenvalue weighted by atomic mass is 35.5. The van der Waals surface area contributed by atoms with Crippen molar-refractivity contribution in [3.05, 3.63) is 11.5 Å². The predicted molar refractivity (Wildman–Crippen MR) is 70.3 cm³/mol. The van der Waals surface area contributed by atoms with E-state index in [-0.39, 0.29) is 5.38 Å². The summed E-state index contributed by atoms with van der Waals surface area (Å²) in [5.41, 5.74) is 3.00. The molecule has 0 N–H and O–H groups in total. The molecule has 0 aliphatic carbocycles. The van der Waals surface area contributed by atoms with Gasteiger partial charge < -0.3 is 4.57 Å². The molecule has 0 fully saturated rings. The van der Waals surface area contributed by atoms with Gasteiger partial charge in [-0.25, -0.2) is 4.98 Å². The van der Waals surface area contributed by atoms with Crippen LogP contribution in [0.5, 0.6) is 0 Å². The minimum absolute atomic E-state index is 0.0828. The fraction of sp³-hybridized carbons (Fsp3) is 0.667. The second kappa shape index (κ2) is 4.33. The Hall–Kier alpha value is -1.03. The van der Waals surface area contributed by atoms with Crippen LogP contribution in [-0.2, 0) is 13.6 Å². The Labute approximate surface area is 107 Å². The first kappa shape index (κ1) is 12.4. The molecular formula is C12H19ClN4. The van der Waals surface area contributed by atoms with Crippen molar-refractivity contribution >= 4 is 22.8 Å². The fourth-order valence-corrected chi connectivity index (χ4v) is 2.37. The zero-order chi connectivity index (χ0) is 12.7. The number of rotatable bonds is 3. The lowest BCUT2D eigenvalue weighted by molar-refractivity contribution is 0.508. The van der Waals surface area contributed by atoms with E-state index >= 15 is 0 Å². The van der Waals surface area contributed by atoms with Gasteiger partial charge in [-0.3, -0.25) is 4.68 Å². The van der Waals surface area contributed by atoms with Gasteiger partial charge in [-0.2, -0.15) is 5.10 Å². The van der Waals surface area contributed by atoms with Gasteiger partial charge in [0.15, 0.2) is 5.65 Å². The summed E-state index contributed by atoms with van der Waals surface area (Å²) in [6, 6.07) is 0. The summed E-state index contributed by atoms with van der Waals surface area (Å²) in [6.07, 6.45) is 0. The van der Waals surface area contributed by atoms with Gasteiger partial charge in [0, 0.05) is 13.6 Å². The summed E-state index contributed by atoms with van der Waals surface area (Å²) in [4.78, 5) is 4.63. The van der Waals surface area contributed by atoms with Crippen molar-refractivity contribution in [3.63, 3.8) is 0 Å². The van der Waals surface area contributed by atoms with Crippen molar-refractivity contribution in [2.75, 3.05) is 0 Å². The van der Waals surface area contributed by atoms with Crippen LogP contribution in [-0.4, -0.2) is 19.3 Å². The van der Waals surface area contributed by atoms with Crippen LogP contribution in [0.2, 0.25) is 0 Å². The number of imidazole rings is 1. The minimum Gasteiger partial charge on any atom is -0.311 e. The maximum absolute atomic E-state index is 6.21. The van der Waals surface area contributed by atoms with Crippen molar-refractivity contribution in [3.8, 4) is 0 Å². The lowest BCUT2D eigenvalue weighted by atomic mass is 10.2. The second-order valence-corrected chi connectivity index (χ2v) is 5.63. The lowest BCUT2D eigenvalue weighted by Gasteiger charge is -2.13. The van der Waals surface area contributed by atoms with Gasteiger partial charge in [0.2, 0.25) is 0 Å². The third-order valence-corrected chi connectivity index (χ3v) is 3.02. The van der Waals surface area contributed by atoms with Gasteiger partial charge >= 0.3 is 0 Å². The highest BCUT2D eigenvalue weighted by Gasteiger charge is 2.20. The average Bonchev–Trinajstić information content (AvgIpc) is 2.67. The summed E-state index contributed by atoms with van der Waals surface area (Å²) < 4.78 is 4.08. The third-order valence-electron chi connectivity index (χ3n) is 2.82. The number of halogens is 1.